The van der Waals surface area contributed by atoms with E-state index in [1.54, 1.807) is 0 Å². The van der Waals surface area contributed by atoms with Crippen LogP contribution >= 0.6 is 0 Å². The van der Waals surface area contributed by atoms with Gasteiger partial charge in [-0.15, -0.1) is 0 Å². The molecule has 0 saturated carbocycles. The average Bonchev–Trinajstić information content (AvgIpc) is 1.87. The Morgan fingerprint density at radius 3 is 2.80 bits per heavy atom. The van der Waals surface area contributed by atoms with Crippen molar-refractivity contribution < 1.29 is 0 Å². The van der Waals surface area contributed by atoms with Crippen LogP contribution < -0.4 is 11.1 Å². The van der Waals surface area contributed by atoms with Crippen LogP contribution in [0.5, 0.6) is 0 Å². The summed E-state index contributed by atoms with van der Waals surface area (Å²) in [4.78, 5) is 0. The van der Waals surface area contributed by atoms with E-state index in [-0.39, 0.29) is 5.96 Å². The number of unbranched alkanes of at least 4 members (excludes halogenated alkanes) is 3. The molecule has 0 saturated heterocycles. The molecular weight excluding hydrogens is 126 g/mol. The van der Waals surface area contributed by atoms with Crippen molar-refractivity contribution in [2.75, 3.05) is 0 Å². The SMILES string of the molecule is CCCCC[CH]NC(=N)N. The number of hydrogen-bond donors (Lipinski definition) is 3. The Labute approximate surface area is 62.5 Å². The highest BCUT2D eigenvalue weighted by Crippen LogP contribution is 1.98. The monoisotopic (exact) mass is 142 g/mol. The van der Waals surface area contributed by atoms with Crippen LogP contribution in [0.1, 0.15) is 32.6 Å². The topological polar surface area (TPSA) is 61.9 Å². The van der Waals surface area contributed by atoms with Gasteiger partial charge in [0.1, 0.15) is 0 Å². The van der Waals surface area contributed by atoms with Crippen LogP contribution in [0.15, 0.2) is 0 Å². The Kier molecular flexibility index (Phi) is 5.92. The Hall–Kier alpha value is -0.730. The molecule has 1 radical (unpaired) electrons. The van der Waals surface area contributed by atoms with Gasteiger partial charge in [-0.05, 0) is 6.42 Å². The minimum Gasteiger partial charge on any atom is -0.370 e. The van der Waals surface area contributed by atoms with Gasteiger partial charge < -0.3 is 11.1 Å². The van der Waals surface area contributed by atoms with Crippen LogP contribution in [0, 0.1) is 12.0 Å². The molecule has 0 aromatic rings. The van der Waals surface area contributed by atoms with Crippen LogP contribution in [-0.2, 0) is 0 Å². The smallest absolute Gasteiger partial charge is 0.185 e. The van der Waals surface area contributed by atoms with Crippen molar-refractivity contribution in [3.63, 3.8) is 0 Å². The van der Waals surface area contributed by atoms with Crippen LogP contribution in [0.4, 0.5) is 0 Å². The quantitative estimate of drug-likeness (QED) is 0.307. The third-order valence-corrected chi connectivity index (χ3v) is 1.21. The van der Waals surface area contributed by atoms with Gasteiger partial charge in [0.05, 0.1) is 0 Å². The fourth-order valence-electron chi connectivity index (χ4n) is 0.679. The van der Waals surface area contributed by atoms with E-state index in [2.05, 4.69) is 12.2 Å². The van der Waals surface area contributed by atoms with Gasteiger partial charge in [-0.1, -0.05) is 26.2 Å². The van der Waals surface area contributed by atoms with Gasteiger partial charge in [0.25, 0.3) is 0 Å². The lowest BCUT2D eigenvalue weighted by Gasteiger charge is -2.00. The van der Waals surface area contributed by atoms with Gasteiger partial charge in [-0.2, -0.15) is 0 Å². The van der Waals surface area contributed by atoms with Crippen molar-refractivity contribution in [1.29, 1.82) is 5.41 Å². The number of nitrogens with one attached hydrogen (secondary N) is 2. The van der Waals surface area contributed by atoms with Crippen molar-refractivity contribution in [2.45, 2.75) is 32.6 Å². The predicted molar refractivity (Wildman–Crippen MR) is 43.5 cm³/mol. The second kappa shape index (κ2) is 6.39. The second-order valence-corrected chi connectivity index (χ2v) is 2.26. The van der Waals surface area contributed by atoms with Gasteiger partial charge in [-0.25, -0.2) is 0 Å². The highest BCUT2D eigenvalue weighted by atomic mass is 15.0. The first kappa shape index (κ1) is 9.27. The van der Waals surface area contributed by atoms with Crippen LogP contribution in [0.2, 0.25) is 0 Å². The molecular formula is C7H16N3. The standard InChI is InChI=1S/C7H16N3/c1-2-3-4-5-6-10-7(8)9/h6H,2-5H2,1H3,(H4,8,9,10). The molecule has 0 aliphatic heterocycles. The second-order valence-electron chi connectivity index (χ2n) is 2.26. The number of guanidine groups is 1. The first-order valence-corrected chi connectivity index (χ1v) is 3.69. The van der Waals surface area contributed by atoms with Gasteiger partial charge in [-0.3, -0.25) is 5.41 Å². The number of hydrogen-bond acceptors (Lipinski definition) is 1. The van der Waals surface area contributed by atoms with E-state index < -0.39 is 0 Å². The summed E-state index contributed by atoms with van der Waals surface area (Å²) in [7, 11) is 0. The molecule has 0 bridgehead atoms. The van der Waals surface area contributed by atoms with Crippen molar-refractivity contribution >= 4 is 5.96 Å². The first-order valence-electron chi connectivity index (χ1n) is 3.69. The highest BCUT2D eigenvalue weighted by Gasteiger charge is 1.88. The van der Waals surface area contributed by atoms with E-state index in [4.69, 9.17) is 11.1 Å². The molecule has 0 atom stereocenters. The predicted octanol–water partition coefficient (Wildman–Crippen LogP) is 1.21. The minimum absolute atomic E-state index is 0.0245. The Balaban J connectivity index is 2.84. The largest absolute Gasteiger partial charge is 0.370 e. The van der Waals surface area contributed by atoms with Crippen molar-refractivity contribution in [1.82, 2.24) is 5.32 Å². The summed E-state index contributed by atoms with van der Waals surface area (Å²) < 4.78 is 0. The fourth-order valence-corrected chi connectivity index (χ4v) is 0.679. The lowest BCUT2D eigenvalue weighted by atomic mass is 10.2. The average molecular weight is 142 g/mol. The number of nitrogens with two attached hydrogens (primary N) is 1. The molecule has 10 heavy (non-hydrogen) atoms. The molecule has 0 aliphatic carbocycles. The molecule has 3 heteroatoms. The van der Waals surface area contributed by atoms with E-state index in [9.17, 15) is 0 Å². The summed E-state index contributed by atoms with van der Waals surface area (Å²) in [5, 5.41) is 9.45. The summed E-state index contributed by atoms with van der Waals surface area (Å²) in [5.74, 6) is 0.0245. The van der Waals surface area contributed by atoms with Crippen LogP contribution in [0.3, 0.4) is 0 Å². The molecule has 0 aromatic heterocycles. The fraction of sp³-hybridized carbons (Fsp3) is 0.714. The molecule has 0 aliphatic rings. The molecule has 4 N–H and O–H groups in total. The summed E-state index contributed by atoms with van der Waals surface area (Å²) in [6.07, 6.45) is 4.65. The van der Waals surface area contributed by atoms with Crippen molar-refractivity contribution in [3.8, 4) is 0 Å². The maximum atomic E-state index is 6.81. The Morgan fingerprint density at radius 1 is 1.60 bits per heavy atom. The number of rotatable bonds is 5. The molecule has 0 heterocycles. The van der Waals surface area contributed by atoms with Crippen LogP contribution in [-0.4, -0.2) is 5.96 Å². The minimum atomic E-state index is 0.0245. The summed E-state index contributed by atoms with van der Waals surface area (Å²) in [6, 6.07) is 0. The van der Waals surface area contributed by atoms with E-state index >= 15 is 0 Å². The van der Waals surface area contributed by atoms with E-state index in [0.717, 1.165) is 6.42 Å². The van der Waals surface area contributed by atoms with Gasteiger partial charge in [0, 0.05) is 6.54 Å². The Bertz CT molecular complexity index is 90.9. The van der Waals surface area contributed by atoms with Crippen LogP contribution in [0.25, 0.3) is 0 Å². The molecule has 0 aromatic carbocycles. The van der Waals surface area contributed by atoms with Crippen molar-refractivity contribution in [3.05, 3.63) is 6.54 Å². The molecule has 59 valence electrons. The molecule has 0 amide bonds. The molecule has 0 unspecified atom stereocenters. The highest BCUT2D eigenvalue weighted by molar-refractivity contribution is 5.74. The maximum Gasteiger partial charge on any atom is 0.185 e. The molecule has 0 spiro atoms. The summed E-state index contributed by atoms with van der Waals surface area (Å²) in [6.45, 7) is 4.00. The lowest BCUT2D eigenvalue weighted by molar-refractivity contribution is 0.695. The normalized spacial score (nSPS) is 9.30. The van der Waals surface area contributed by atoms with Gasteiger partial charge in [0.15, 0.2) is 5.96 Å². The zero-order valence-electron chi connectivity index (χ0n) is 6.48. The maximum absolute atomic E-state index is 6.81. The van der Waals surface area contributed by atoms with Crippen molar-refractivity contribution in [2.24, 2.45) is 5.73 Å². The van der Waals surface area contributed by atoms with E-state index in [1.807, 2.05) is 6.54 Å². The van der Waals surface area contributed by atoms with Gasteiger partial charge >= 0.3 is 0 Å². The zero-order valence-corrected chi connectivity index (χ0v) is 6.48. The Morgan fingerprint density at radius 2 is 2.30 bits per heavy atom. The summed E-state index contributed by atoms with van der Waals surface area (Å²) >= 11 is 0. The van der Waals surface area contributed by atoms with Gasteiger partial charge in [0.2, 0.25) is 0 Å². The summed E-state index contributed by atoms with van der Waals surface area (Å²) in [5.41, 5.74) is 5.05. The first-order chi connectivity index (χ1) is 4.77. The lowest BCUT2D eigenvalue weighted by Crippen LogP contribution is -2.27. The molecule has 0 rings (SSSR count). The van der Waals surface area contributed by atoms with E-state index in [0.29, 0.717) is 0 Å². The third kappa shape index (κ3) is 7.27. The molecule has 3 nitrogen and oxygen atoms in total. The zero-order chi connectivity index (χ0) is 7.82. The third-order valence-electron chi connectivity index (χ3n) is 1.21. The van der Waals surface area contributed by atoms with E-state index in [1.165, 1.54) is 19.3 Å². The molecule has 0 fully saturated rings.